The number of halogens is 2. The number of aromatic nitrogens is 2. The third-order valence-electron chi connectivity index (χ3n) is 5.08. The topological polar surface area (TPSA) is 136 Å². The summed E-state index contributed by atoms with van der Waals surface area (Å²) in [6, 6.07) is 2.96. The molecule has 10 nitrogen and oxygen atoms in total. The first-order valence-corrected chi connectivity index (χ1v) is 9.38. The van der Waals surface area contributed by atoms with Gasteiger partial charge < -0.3 is 25.1 Å². The van der Waals surface area contributed by atoms with Gasteiger partial charge >= 0.3 is 6.09 Å². The molecule has 2 aromatic rings. The van der Waals surface area contributed by atoms with Crippen molar-refractivity contribution in [2.75, 3.05) is 23.4 Å². The van der Waals surface area contributed by atoms with Crippen molar-refractivity contribution in [1.82, 2.24) is 9.55 Å². The van der Waals surface area contributed by atoms with Crippen molar-refractivity contribution >= 4 is 23.5 Å². The molecule has 0 aliphatic carbocycles. The first-order chi connectivity index (χ1) is 14.8. The number of nitrogens with one attached hydrogen (secondary N) is 1. The number of carbonyl (C=O) groups excluding carboxylic acids is 2. The van der Waals surface area contributed by atoms with Gasteiger partial charge in [0, 0.05) is 12.3 Å². The molecule has 31 heavy (non-hydrogen) atoms. The monoisotopic (exact) mass is 432 g/mol. The van der Waals surface area contributed by atoms with E-state index in [9.17, 15) is 23.6 Å². The molecule has 1 aromatic carbocycles. The van der Waals surface area contributed by atoms with Crippen LogP contribution in [0.4, 0.5) is 25.1 Å². The van der Waals surface area contributed by atoms with Crippen molar-refractivity contribution in [3.05, 3.63) is 23.9 Å². The molecular formula is C19H18F2N6O4. The second-order valence-corrected chi connectivity index (χ2v) is 7.09. The summed E-state index contributed by atoms with van der Waals surface area (Å²) in [4.78, 5) is 28.6. The molecule has 2 amide bonds. The molecule has 162 valence electrons. The number of benzene rings is 1. The minimum Gasteiger partial charge on any atom is -0.491 e. The SMILES string of the molecule is CC(Nc1cc2c(cc1C#N)-c1nc(N3C(=O)OC[C@H]3C(F)F)cn1CCO2)C(N)=O. The van der Waals surface area contributed by atoms with Crippen molar-refractivity contribution in [1.29, 1.82) is 5.26 Å². The zero-order chi connectivity index (χ0) is 22.3. The third-order valence-corrected chi connectivity index (χ3v) is 5.08. The van der Waals surface area contributed by atoms with Crippen LogP contribution in [0.5, 0.6) is 5.75 Å². The van der Waals surface area contributed by atoms with Crippen LogP contribution in [0.2, 0.25) is 0 Å². The number of hydrogen-bond donors (Lipinski definition) is 2. The number of fused-ring (bicyclic) bond motifs is 3. The third kappa shape index (κ3) is 3.58. The van der Waals surface area contributed by atoms with Crippen molar-refractivity contribution in [3.8, 4) is 23.2 Å². The summed E-state index contributed by atoms with van der Waals surface area (Å²) in [6.45, 7) is 1.70. The number of nitrogens with zero attached hydrogens (tertiary/aromatic N) is 4. The number of carbonyl (C=O) groups is 2. The largest absolute Gasteiger partial charge is 0.491 e. The van der Waals surface area contributed by atoms with Crippen molar-refractivity contribution < 1.29 is 27.8 Å². The molecule has 1 fully saturated rings. The van der Waals surface area contributed by atoms with E-state index < -0.39 is 37.1 Å². The number of anilines is 2. The Morgan fingerprint density at radius 2 is 2.19 bits per heavy atom. The van der Waals surface area contributed by atoms with E-state index in [1.54, 1.807) is 17.6 Å². The quantitative estimate of drug-likeness (QED) is 0.734. The van der Waals surface area contributed by atoms with Gasteiger partial charge in [0.05, 0.1) is 23.4 Å². The van der Waals surface area contributed by atoms with E-state index in [-0.39, 0.29) is 18.0 Å². The highest BCUT2D eigenvalue weighted by molar-refractivity contribution is 5.90. The van der Waals surface area contributed by atoms with E-state index in [1.165, 1.54) is 12.3 Å². The predicted octanol–water partition coefficient (Wildman–Crippen LogP) is 1.69. The van der Waals surface area contributed by atoms with Gasteiger partial charge in [-0.2, -0.15) is 5.26 Å². The minimum atomic E-state index is -2.80. The Bertz CT molecular complexity index is 1100. The van der Waals surface area contributed by atoms with E-state index in [0.717, 1.165) is 4.90 Å². The number of nitriles is 1. The lowest BCUT2D eigenvalue weighted by Crippen LogP contribution is -2.38. The summed E-state index contributed by atoms with van der Waals surface area (Å²) in [5, 5.41) is 12.4. The molecule has 2 aliphatic heterocycles. The highest BCUT2D eigenvalue weighted by Gasteiger charge is 2.42. The lowest BCUT2D eigenvalue weighted by molar-refractivity contribution is -0.118. The Morgan fingerprint density at radius 3 is 2.87 bits per heavy atom. The maximum Gasteiger partial charge on any atom is 0.416 e. The Labute approximate surface area is 175 Å². The molecule has 1 unspecified atom stereocenters. The molecule has 3 heterocycles. The van der Waals surface area contributed by atoms with Crippen LogP contribution in [-0.2, 0) is 16.1 Å². The first-order valence-electron chi connectivity index (χ1n) is 9.38. The van der Waals surface area contributed by atoms with Crippen LogP contribution < -0.4 is 20.7 Å². The first kappa shape index (κ1) is 20.4. The fraction of sp³-hybridized carbons (Fsp3) is 0.368. The molecule has 4 rings (SSSR count). The van der Waals surface area contributed by atoms with Crippen molar-refractivity contribution in [3.63, 3.8) is 0 Å². The van der Waals surface area contributed by atoms with Gasteiger partial charge in [0.2, 0.25) is 5.91 Å². The van der Waals surface area contributed by atoms with Crippen LogP contribution in [0.1, 0.15) is 12.5 Å². The molecule has 3 N–H and O–H groups in total. The van der Waals surface area contributed by atoms with Gasteiger partial charge in [0.15, 0.2) is 5.82 Å². The maximum atomic E-state index is 13.3. The van der Waals surface area contributed by atoms with E-state index in [4.69, 9.17) is 15.2 Å². The molecular weight excluding hydrogens is 414 g/mol. The maximum absolute atomic E-state index is 13.3. The fourth-order valence-electron chi connectivity index (χ4n) is 3.43. The van der Waals surface area contributed by atoms with Gasteiger partial charge in [-0.15, -0.1) is 0 Å². The second-order valence-electron chi connectivity index (χ2n) is 7.09. The molecule has 0 saturated carbocycles. The molecule has 0 bridgehead atoms. The number of alkyl halides is 2. The Morgan fingerprint density at radius 1 is 1.42 bits per heavy atom. The highest BCUT2D eigenvalue weighted by atomic mass is 19.3. The van der Waals surface area contributed by atoms with E-state index in [2.05, 4.69) is 10.3 Å². The summed E-state index contributed by atoms with van der Waals surface area (Å²) in [5.74, 6) is 0.162. The number of rotatable bonds is 5. The average molecular weight is 432 g/mol. The molecule has 0 spiro atoms. The molecule has 0 radical (unpaired) electrons. The number of imidazole rings is 1. The lowest BCUT2D eigenvalue weighted by atomic mass is 10.1. The number of ether oxygens (including phenoxy) is 2. The summed E-state index contributed by atoms with van der Waals surface area (Å²) in [7, 11) is 0. The number of amides is 2. The van der Waals surface area contributed by atoms with Crippen molar-refractivity contribution in [2.24, 2.45) is 5.73 Å². The molecule has 2 atom stereocenters. The van der Waals surface area contributed by atoms with Crippen LogP contribution in [-0.4, -0.2) is 53.3 Å². The number of hydrogen-bond acceptors (Lipinski definition) is 7. The van der Waals surface area contributed by atoms with Crippen LogP contribution >= 0.6 is 0 Å². The fourth-order valence-corrected chi connectivity index (χ4v) is 3.43. The van der Waals surface area contributed by atoms with E-state index in [1.807, 2.05) is 6.07 Å². The number of cyclic esters (lactones) is 1. The van der Waals surface area contributed by atoms with Crippen LogP contribution in [0.3, 0.4) is 0 Å². The summed E-state index contributed by atoms with van der Waals surface area (Å²) >= 11 is 0. The Hall–Kier alpha value is -3.88. The molecule has 1 saturated heterocycles. The van der Waals surface area contributed by atoms with Crippen LogP contribution in [0, 0.1) is 11.3 Å². The van der Waals surface area contributed by atoms with Gasteiger partial charge in [-0.3, -0.25) is 4.79 Å². The van der Waals surface area contributed by atoms with Gasteiger partial charge in [0.1, 0.15) is 42.9 Å². The standard InChI is InChI=1S/C19H18F2N6O4/c1-9(17(23)28)24-12-5-14-11(4-10(12)6-22)18-25-15(7-26(18)2-3-30-14)27-13(16(20)21)8-31-19(27)29/h4-5,7,9,13,16,24H,2-3,8H2,1H3,(H2,23,28)/t9?,13-/m0/s1. The highest BCUT2D eigenvalue weighted by Crippen LogP contribution is 2.38. The van der Waals surface area contributed by atoms with E-state index >= 15 is 0 Å². The summed E-state index contributed by atoms with van der Waals surface area (Å²) in [6.07, 6.45) is -2.22. The smallest absolute Gasteiger partial charge is 0.416 e. The van der Waals surface area contributed by atoms with Crippen LogP contribution in [0.25, 0.3) is 11.4 Å². The number of primary amides is 1. The summed E-state index contributed by atoms with van der Waals surface area (Å²) < 4.78 is 38.9. The average Bonchev–Trinajstić information content (AvgIpc) is 3.27. The predicted molar refractivity (Wildman–Crippen MR) is 104 cm³/mol. The Kier molecular flexibility index (Phi) is 5.10. The molecule has 12 heteroatoms. The van der Waals surface area contributed by atoms with Gasteiger partial charge in [0.25, 0.3) is 6.43 Å². The molecule has 1 aromatic heterocycles. The zero-order valence-electron chi connectivity index (χ0n) is 16.3. The van der Waals surface area contributed by atoms with Crippen molar-refractivity contribution in [2.45, 2.75) is 32.0 Å². The molecule has 2 aliphatic rings. The normalized spacial score (nSPS) is 18.4. The second kappa shape index (κ2) is 7.75. The Balaban J connectivity index is 1.77. The summed E-state index contributed by atoms with van der Waals surface area (Å²) in [5.41, 5.74) is 6.29. The van der Waals surface area contributed by atoms with Gasteiger partial charge in [-0.05, 0) is 13.0 Å². The zero-order valence-corrected chi connectivity index (χ0v) is 16.3. The minimum absolute atomic E-state index is 0.0266. The lowest BCUT2D eigenvalue weighted by Gasteiger charge is -2.18. The van der Waals surface area contributed by atoms with E-state index in [0.29, 0.717) is 29.4 Å². The van der Waals surface area contributed by atoms with Gasteiger partial charge in [-0.25, -0.2) is 23.5 Å². The number of nitrogens with two attached hydrogens (primary N) is 1. The van der Waals surface area contributed by atoms with Gasteiger partial charge in [-0.1, -0.05) is 0 Å². The van der Waals surface area contributed by atoms with Crippen LogP contribution in [0.15, 0.2) is 18.3 Å².